The third-order valence-corrected chi connectivity index (χ3v) is 5.26. The van der Waals surface area contributed by atoms with Crippen LogP contribution in [-0.4, -0.2) is 67.4 Å². The van der Waals surface area contributed by atoms with Crippen molar-refractivity contribution >= 4 is 0 Å². The monoisotopic (exact) mass is 328 g/mol. The molecule has 2 fully saturated rings. The molecule has 2 aliphatic rings. The zero-order valence-corrected chi connectivity index (χ0v) is 15.6. The lowest BCUT2D eigenvalue weighted by atomic mass is 9.94. The van der Waals surface area contributed by atoms with Crippen LogP contribution >= 0.6 is 0 Å². The van der Waals surface area contributed by atoms with Gasteiger partial charge in [0.1, 0.15) is 6.17 Å². The molecule has 2 aliphatic heterocycles. The minimum absolute atomic E-state index is 0.125. The van der Waals surface area contributed by atoms with E-state index in [4.69, 9.17) is 4.74 Å². The summed E-state index contributed by atoms with van der Waals surface area (Å²) in [5.74, 6) is 1.55. The second-order valence-electron chi connectivity index (χ2n) is 8.26. The molecule has 0 aromatic heterocycles. The third-order valence-electron chi connectivity index (χ3n) is 5.26. The van der Waals surface area contributed by atoms with E-state index in [9.17, 15) is 4.39 Å². The molecule has 0 bridgehead atoms. The summed E-state index contributed by atoms with van der Waals surface area (Å²) in [7, 11) is 0. The Bertz CT molecular complexity index is 329. The van der Waals surface area contributed by atoms with Crippen molar-refractivity contribution in [2.45, 2.75) is 71.8 Å². The Morgan fingerprint density at radius 2 is 1.65 bits per heavy atom. The van der Waals surface area contributed by atoms with E-state index >= 15 is 0 Å². The van der Waals surface area contributed by atoms with E-state index in [0.717, 1.165) is 31.3 Å². The summed E-state index contributed by atoms with van der Waals surface area (Å²) < 4.78 is 20.0. The van der Waals surface area contributed by atoms with E-state index in [1.165, 1.54) is 38.9 Å². The van der Waals surface area contributed by atoms with Crippen LogP contribution in [0.15, 0.2) is 0 Å². The van der Waals surface area contributed by atoms with Gasteiger partial charge in [0.15, 0.2) is 0 Å². The van der Waals surface area contributed by atoms with Gasteiger partial charge >= 0.3 is 0 Å². The van der Waals surface area contributed by atoms with Crippen molar-refractivity contribution in [3.63, 3.8) is 0 Å². The lowest BCUT2D eigenvalue weighted by molar-refractivity contribution is -0.0741. The molecular weight excluding hydrogens is 291 g/mol. The number of nitrogens with zero attached hydrogens (tertiary/aromatic N) is 2. The Kier molecular flexibility index (Phi) is 7.77. The van der Waals surface area contributed by atoms with Crippen LogP contribution in [0.4, 0.5) is 4.39 Å². The van der Waals surface area contributed by atoms with E-state index < -0.39 is 6.17 Å². The number of alkyl halides is 1. The maximum Gasteiger partial charge on any atom is 0.139 e. The summed E-state index contributed by atoms with van der Waals surface area (Å²) in [6.07, 6.45) is 3.81. The fourth-order valence-electron chi connectivity index (χ4n) is 3.81. The molecule has 0 aromatic rings. The quantitative estimate of drug-likeness (QED) is 0.710. The smallest absolute Gasteiger partial charge is 0.139 e. The maximum atomic E-state index is 14.3. The van der Waals surface area contributed by atoms with E-state index in [2.05, 4.69) is 23.6 Å². The average Bonchev–Trinajstić information content (AvgIpc) is 2.49. The van der Waals surface area contributed by atoms with Gasteiger partial charge in [0, 0.05) is 19.6 Å². The Balaban J connectivity index is 1.65. The Morgan fingerprint density at radius 3 is 2.22 bits per heavy atom. The van der Waals surface area contributed by atoms with Gasteiger partial charge in [-0.15, -0.1) is 0 Å². The molecule has 23 heavy (non-hydrogen) atoms. The third kappa shape index (κ3) is 6.67. The largest absolute Gasteiger partial charge is 0.372 e. The van der Waals surface area contributed by atoms with Crippen molar-refractivity contribution in [3.05, 3.63) is 0 Å². The zero-order chi connectivity index (χ0) is 16.8. The first-order chi connectivity index (χ1) is 10.9. The molecule has 0 radical (unpaired) electrons. The van der Waals surface area contributed by atoms with E-state index in [-0.39, 0.29) is 12.2 Å². The van der Waals surface area contributed by atoms with Gasteiger partial charge < -0.3 is 9.64 Å². The van der Waals surface area contributed by atoms with E-state index in [1.807, 2.05) is 13.8 Å². The van der Waals surface area contributed by atoms with Crippen LogP contribution in [-0.2, 0) is 4.74 Å². The van der Waals surface area contributed by atoms with Crippen LogP contribution < -0.4 is 0 Å². The first-order valence-corrected chi connectivity index (χ1v) is 9.68. The Labute approximate surface area is 142 Å². The fraction of sp³-hybridized carbons (Fsp3) is 1.00. The molecule has 2 saturated heterocycles. The number of hydrogen-bond donors (Lipinski definition) is 0. The topological polar surface area (TPSA) is 15.7 Å². The van der Waals surface area contributed by atoms with Crippen molar-refractivity contribution in [1.29, 1.82) is 0 Å². The summed E-state index contributed by atoms with van der Waals surface area (Å²) in [6, 6.07) is 0. The molecule has 3 nitrogen and oxygen atoms in total. The molecule has 0 saturated carbocycles. The minimum Gasteiger partial charge on any atom is -0.372 e. The van der Waals surface area contributed by atoms with Gasteiger partial charge in [0.05, 0.1) is 12.2 Å². The maximum absolute atomic E-state index is 14.3. The van der Waals surface area contributed by atoms with Gasteiger partial charge in [0.25, 0.3) is 0 Å². The van der Waals surface area contributed by atoms with Crippen LogP contribution in [0, 0.1) is 11.8 Å². The second kappa shape index (κ2) is 9.33. The standard InChI is InChI=1S/C19H37FN2O/c1-15(2)5-9-21-10-6-17(7-11-21)13-22-12-8-19(18(20)14-22)23-16(3)4/h15-19H,5-14H2,1-4H3. The van der Waals surface area contributed by atoms with Crippen molar-refractivity contribution in [3.8, 4) is 0 Å². The highest BCUT2D eigenvalue weighted by Gasteiger charge is 2.32. The molecular formula is C19H37FN2O. The molecule has 0 spiro atoms. The van der Waals surface area contributed by atoms with Crippen molar-refractivity contribution in [2.24, 2.45) is 11.8 Å². The van der Waals surface area contributed by atoms with Crippen LogP contribution in [0.3, 0.4) is 0 Å². The fourth-order valence-corrected chi connectivity index (χ4v) is 3.81. The van der Waals surface area contributed by atoms with E-state index in [1.54, 1.807) is 0 Å². The molecule has 4 heteroatoms. The predicted molar refractivity (Wildman–Crippen MR) is 94.6 cm³/mol. The average molecular weight is 329 g/mol. The molecule has 2 unspecified atom stereocenters. The number of piperidine rings is 2. The predicted octanol–water partition coefficient (Wildman–Crippen LogP) is 3.58. The second-order valence-corrected chi connectivity index (χ2v) is 8.26. The van der Waals surface area contributed by atoms with Crippen LogP contribution in [0.1, 0.15) is 53.4 Å². The van der Waals surface area contributed by atoms with Gasteiger partial charge in [-0.3, -0.25) is 4.90 Å². The number of halogens is 1. The van der Waals surface area contributed by atoms with Gasteiger partial charge in [-0.1, -0.05) is 13.8 Å². The Morgan fingerprint density at radius 1 is 1.00 bits per heavy atom. The van der Waals surface area contributed by atoms with Crippen LogP contribution in [0.2, 0.25) is 0 Å². The first kappa shape index (κ1) is 19.1. The molecule has 2 rings (SSSR count). The lowest BCUT2D eigenvalue weighted by Crippen LogP contribution is -2.48. The summed E-state index contributed by atoms with van der Waals surface area (Å²) in [5, 5.41) is 0. The number of likely N-dealkylation sites (tertiary alicyclic amines) is 2. The summed E-state index contributed by atoms with van der Waals surface area (Å²) >= 11 is 0. The van der Waals surface area contributed by atoms with Crippen molar-refractivity contribution in [1.82, 2.24) is 9.80 Å². The van der Waals surface area contributed by atoms with Crippen LogP contribution in [0.25, 0.3) is 0 Å². The molecule has 136 valence electrons. The van der Waals surface area contributed by atoms with Gasteiger partial charge in [-0.25, -0.2) is 4.39 Å². The number of hydrogen-bond acceptors (Lipinski definition) is 3. The minimum atomic E-state index is -0.822. The molecule has 2 atom stereocenters. The molecule has 0 amide bonds. The number of ether oxygens (including phenoxy) is 1. The summed E-state index contributed by atoms with van der Waals surface area (Å²) in [6.45, 7) is 14.9. The molecule has 0 aliphatic carbocycles. The van der Waals surface area contributed by atoms with Crippen molar-refractivity contribution < 1.29 is 9.13 Å². The SMILES string of the molecule is CC(C)CCN1CCC(CN2CCC(OC(C)C)C(F)C2)CC1. The molecule has 0 N–H and O–H groups in total. The highest BCUT2D eigenvalue weighted by atomic mass is 19.1. The molecule has 0 aromatic carbocycles. The highest BCUT2D eigenvalue weighted by Crippen LogP contribution is 2.23. The van der Waals surface area contributed by atoms with Crippen molar-refractivity contribution in [2.75, 3.05) is 39.3 Å². The zero-order valence-electron chi connectivity index (χ0n) is 15.6. The first-order valence-electron chi connectivity index (χ1n) is 9.68. The molecule has 2 heterocycles. The van der Waals surface area contributed by atoms with Gasteiger partial charge in [-0.2, -0.15) is 0 Å². The summed E-state index contributed by atoms with van der Waals surface area (Å²) in [5.41, 5.74) is 0. The lowest BCUT2D eigenvalue weighted by Gasteiger charge is -2.39. The van der Waals surface area contributed by atoms with Gasteiger partial charge in [-0.05, 0) is 71.0 Å². The summed E-state index contributed by atoms with van der Waals surface area (Å²) in [4.78, 5) is 4.94. The highest BCUT2D eigenvalue weighted by molar-refractivity contribution is 4.84. The normalized spacial score (nSPS) is 28.8. The number of rotatable bonds is 7. The van der Waals surface area contributed by atoms with E-state index in [0.29, 0.717) is 6.54 Å². The Hall–Kier alpha value is -0.190. The van der Waals surface area contributed by atoms with Crippen LogP contribution in [0.5, 0.6) is 0 Å². The van der Waals surface area contributed by atoms with Gasteiger partial charge in [0.2, 0.25) is 0 Å².